The molecule has 4 heteroatoms. The molecule has 3 aliphatic heterocycles. The van der Waals surface area contributed by atoms with E-state index in [-0.39, 0.29) is 6.04 Å². The van der Waals surface area contributed by atoms with Gasteiger partial charge in [-0.3, -0.25) is 9.69 Å². The first-order valence-corrected chi connectivity index (χ1v) is 8.48. The summed E-state index contributed by atoms with van der Waals surface area (Å²) in [6, 6.07) is 0.186. The van der Waals surface area contributed by atoms with E-state index in [2.05, 4.69) is 22.0 Å². The van der Waals surface area contributed by atoms with E-state index < -0.39 is 0 Å². The third kappa shape index (κ3) is 2.73. The lowest BCUT2D eigenvalue weighted by Crippen LogP contribution is -2.50. The quantitative estimate of drug-likeness (QED) is 0.849. The van der Waals surface area contributed by atoms with E-state index >= 15 is 0 Å². The average Bonchev–Trinajstić information content (AvgIpc) is 3.10. The maximum atomic E-state index is 12.8. The van der Waals surface area contributed by atoms with E-state index in [4.69, 9.17) is 0 Å². The molecule has 3 aliphatic rings. The summed E-state index contributed by atoms with van der Waals surface area (Å²) in [6.45, 7) is 8.71. The fraction of sp³-hybridized carbons (Fsp3) is 0.938. The van der Waals surface area contributed by atoms with Gasteiger partial charge in [0.05, 0.1) is 6.04 Å². The SMILES string of the molecule is CCCN1CCCC1C(=O)N1CCC2(CCNC2)CC1. The van der Waals surface area contributed by atoms with Gasteiger partial charge in [0.2, 0.25) is 5.91 Å². The topological polar surface area (TPSA) is 35.6 Å². The Balaban J connectivity index is 1.56. The Kier molecular flexibility index (Phi) is 4.32. The summed E-state index contributed by atoms with van der Waals surface area (Å²) in [6.07, 6.45) is 7.12. The van der Waals surface area contributed by atoms with Crippen molar-refractivity contribution in [3.63, 3.8) is 0 Å². The molecule has 114 valence electrons. The van der Waals surface area contributed by atoms with Crippen LogP contribution in [-0.2, 0) is 4.79 Å². The summed E-state index contributed by atoms with van der Waals surface area (Å²) < 4.78 is 0. The normalized spacial score (nSPS) is 30.2. The van der Waals surface area contributed by atoms with Crippen molar-refractivity contribution in [3.8, 4) is 0 Å². The molecule has 1 amide bonds. The monoisotopic (exact) mass is 279 g/mol. The summed E-state index contributed by atoms with van der Waals surface area (Å²) in [5, 5.41) is 3.49. The number of piperidine rings is 1. The Labute approximate surface area is 122 Å². The van der Waals surface area contributed by atoms with Crippen molar-refractivity contribution >= 4 is 5.91 Å². The van der Waals surface area contributed by atoms with E-state index in [0.29, 0.717) is 11.3 Å². The number of hydrogen-bond donors (Lipinski definition) is 1. The van der Waals surface area contributed by atoms with Crippen molar-refractivity contribution < 1.29 is 4.79 Å². The lowest BCUT2D eigenvalue weighted by Gasteiger charge is -2.40. The number of likely N-dealkylation sites (tertiary alicyclic amines) is 2. The van der Waals surface area contributed by atoms with Gasteiger partial charge in [0.15, 0.2) is 0 Å². The second kappa shape index (κ2) is 6.02. The van der Waals surface area contributed by atoms with Crippen LogP contribution in [0.15, 0.2) is 0 Å². The van der Waals surface area contributed by atoms with Crippen LogP contribution in [0.25, 0.3) is 0 Å². The third-order valence-electron chi connectivity index (χ3n) is 5.63. The molecule has 1 atom stereocenters. The summed E-state index contributed by atoms with van der Waals surface area (Å²) in [7, 11) is 0. The highest BCUT2D eigenvalue weighted by Crippen LogP contribution is 2.37. The molecule has 0 aromatic carbocycles. The molecule has 3 fully saturated rings. The van der Waals surface area contributed by atoms with Crippen LogP contribution in [0.4, 0.5) is 0 Å². The molecule has 1 spiro atoms. The van der Waals surface area contributed by atoms with Gasteiger partial charge in [0, 0.05) is 19.6 Å². The molecule has 0 saturated carbocycles. The first-order chi connectivity index (χ1) is 9.74. The smallest absolute Gasteiger partial charge is 0.239 e. The molecule has 3 rings (SSSR count). The van der Waals surface area contributed by atoms with Gasteiger partial charge in [-0.25, -0.2) is 0 Å². The van der Waals surface area contributed by atoms with Crippen LogP contribution in [0, 0.1) is 5.41 Å². The Bertz CT molecular complexity index is 342. The van der Waals surface area contributed by atoms with E-state index in [1.807, 2.05) is 0 Å². The van der Waals surface area contributed by atoms with E-state index in [9.17, 15) is 4.79 Å². The Morgan fingerprint density at radius 2 is 2.05 bits per heavy atom. The number of amides is 1. The van der Waals surface area contributed by atoms with Gasteiger partial charge in [0.25, 0.3) is 0 Å². The molecule has 20 heavy (non-hydrogen) atoms. The fourth-order valence-corrected chi connectivity index (χ4v) is 4.30. The van der Waals surface area contributed by atoms with Crippen LogP contribution in [0.1, 0.15) is 45.4 Å². The minimum atomic E-state index is 0.186. The lowest BCUT2D eigenvalue weighted by molar-refractivity contribution is -0.138. The van der Waals surface area contributed by atoms with Crippen LogP contribution in [-0.4, -0.2) is 61.0 Å². The lowest BCUT2D eigenvalue weighted by atomic mass is 9.77. The van der Waals surface area contributed by atoms with Crippen molar-refractivity contribution in [1.29, 1.82) is 0 Å². The van der Waals surface area contributed by atoms with Gasteiger partial charge in [-0.1, -0.05) is 6.92 Å². The number of rotatable bonds is 3. The highest BCUT2D eigenvalue weighted by atomic mass is 16.2. The number of carbonyl (C=O) groups excluding carboxylic acids is 1. The molecular weight excluding hydrogens is 250 g/mol. The van der Waals surface area contributed by atoms with E-state index in [1.54, 1.807) is 0 Å². The number of hydrogen-bond acceptors (Lipinski definition) is 3. The van der Waals surface area contributed by atoms with E-state index in [1.165, 1.54) is 38.8 Å². The van der Waals surface area contributed by atoms with Gasteiger partial charge in [-0.05, 0) is 63.6 Å². The molecule has 1 N–H and O–H groups in total. The van der Waals surface area contributed by atoms with Gasteiger partial charge in [0.1, 0.15) is 0 Å². The van der Waals surface area contributed by atoms with E-state index in [0.717, 1.165) is 39.0 Å². The predicted molar refractivity (Wildman–Crippen MR) is 80.6 cm³/mol. The van der Waals surface area contributed by atoms with Crippen LogP contribution < -0.4 is 5.32 Å². The molecule has 0 aliphatic carbocycles. The number of nitrogens with zero attached hydrogens (tertiary/aromatic N) is 2. The van der Waals surface area contributed by atoms with Crippen LogP contribution in [0.2, 0.25) is 0 Å². The molecular formula is C16H29N3O. The van der Waals surface area contributed by atoms with Crippen LogP contribution in [0.3, 0.4) is 0 Å². The molecule has 4 nitrogen and oxygen atoms in total. The molecule has 0 bridgehead atoms. The van der Waals surface area contributed by atoms with Crippen LogP contribution in [0.5, 0.6) is 0 Å². The highest BCUT2D eigenvalue weighted by molar-refractivity contribution is 5.82. The second-order valence-electron chi connectivity index (χ2n) is 6.95. The first kappa shape index (κ1) is 14.3. The molecule has 0 radical (unpaired) electrons. The predicted octanol–water partition coefficient (Wildman–Crippen LogP) is 1.46. The number of nitrogens with one attached hydrogen (secondary N) is 1. The summed E-state index contributed by atoms with van der Waals surface area (Å²) in [5.74, 6) is 0.414. The second-order valence-corrected chi connectivity index (χ2v) is 6.95. The molecule has 3 saturated heterocycles. The first-order valence-electron chi connectivity index (χ1n) is 8.48. The minimum Gasteiger partial charge on any atom is -0.341 e. The Morgan fingerprint density at radius 3 is 2.70 bits per heavy atom. The van der Waals surface area contributed by atoms with Crippen molar-refractivity contribution in [3.05, 3.63) is 0 Å². The molecule has 3 heterocycles. The zero-order valence-corrected chi connectivity index (χ0v) is 12.9. The van der Waals surface area contributed by atoms with Crippen LogP contribution >= 0.6 is 0 Å². The maximum absolute atomic E-state index is 12.8. The average molecular weight is 279 g/mol. The molecule has 1 unspecified atom stereocenters. The summed E-state index contributed by atoms with van der Waals surface area (Å²) in [4.78, 5) is 17.3. The third-order valence-corrected chi connectivity index (χ3v) is 5.63. The van der Waals surface area contributed by atoms with Gasteiger partial charge in [-0.15, -0.1) is 0 Å². The highest BCUT2D eigenvalue weighted by Gasteiger charge is 2.40. The van der Waals surface area contributed by atoms with Gasteiger partial charge >= 0.3 is 0 Å². The summed E-state index contributed by atoms with van der Waals surface area (Å²) >= 11 is 0. The Hall–Kier alpha value is -0.610. The summed E-state index contributed by atoms with van der Waals surface area (Å²) in [5.41, 5.74) is 0.509. The zero-order valence-electron chi connectivity index (χ0n) is 12.9. The van der Waals surface area contributed by atoms with Crippen molar-refractivity contribution in [1.82, 2.24) is 15.1 Å². The molecule has 0 aromatic rings. The largest absolute Gasteiger partial charge is 0.341 e. The standard InChI is InChI=1S/C16H29N3O/c1-2-9-18-10-3-4-14(18)15(20)19-11-6-16(7-12-19)5-8-17-13-16/h14,17H,2-13H2,1H3. The van der Waals surface area contributed by atoms with Crippen molar-refractivity contribution in [2.75, 3.05) is 39.3 Å². The number of carbonyl (C=O) groups is 1. The van der Waals surface area contributed by atoms with Gasteiger partial charge < -0.3 is 10.2 Å². The zero-order chi connectivity index (χ0) is 14.0. The van der Waals surface area contributed by atoms with Crippen molar-refractivity contribution in [2.24, 2.45) is 5.41 Å². The van der Waals surface area contributed by atoms with Crippen molar-refractivity contribution in [2.45, 2.75) is 51.5 Å². The Morgan fingerprint density at radius 1 is 1.25 bits per heavy atom. The minimum absolute atomic E-state index is 0.186. The molecule has 0 aromatic heterocycles. The maximum Gasteiger partial charge on any atom is 0.239 e. The van der Waals surface area contributed by atoms with Gasteiger partial charge in [-0.2, -0.15) is 0 Å². The fourth-order valence-electron chi connectivity index (χ4n) is 4.30.